The van der Waals surface area contributed by atoms with Crippen molar-refractivity contribution in [2.45, 2.75) is 34.6 Å². The highest BCUT2D eigenvalue weighted by molar-refractivity contribution is 5.31. The van der Waals surface area contributed by atoms with Crippen LogP contribution in [0, 0.1) is 19.8 Å². The van der Waals surface area contributed by atoms with Gasteiger partial charge in [0.15, 0.2) is 0 Å². The van der Waals surface area contributed by atoms with E-state index in [1.54, 1.807) is 0 Å². The summed E-state index contributed by atoms with van der Waals surface area (Å²) in [5, 5.41) is 0. The first kappa shape index (κ1) is 14.3. The number of hydrogen-bond acceptors (Lipinski definition) is 0. The average Bonchev–Trinajstić information content (AvgIpc) is 2.34. The van der Waals surface area contributed by atoms with Crippen LogP contribution in [0.3, 0.4) is 0 Å². The van der Waals surface area contributed by atoms with Crippen molar-refractivity contribution in [3.63, 3.8) is 0 Å². The van der Waals surface area contributed by atoms with E-state index in [0.717, 1.165) is 5.57 Å². The largest absolute Gasteiger partial charge is 0.0667 e. The smallest absolute Gasteiger partial charge is 0.00497 e. The summed E-state index contributed by atoms with van der Waals surface area (Å²) >= 11 is 0. The minimum Gasteiger partial charge on any atom is -0.0667 e. The lowest BCUT2D eigenvalue weighted by molar-refractivity contribution is 0.793. The minimum absolute atomic E-state index is 0.567. The lowest BCUT2D eigenvalue weighted by Crippen LogP contribution is -1.89. The molecular formula is C18H22. The molecule has 1 aliphatic rings. The Kier molecular flexibility index (Phi) is 5.46. The van der Waals surface area contributed by atoms with Crippen molar-refractivity contribution in [1.82, 2.24) is 0 Å². The number of allylic oxidation sites excluding steroid dienone is 4. The van der Waals surface area contributed by atoms with E-state index in [9.17, 15) is 0 Å². The third-order valence-corrected chi connectivity index (χ3v) is 2.76. The van der Waals surface area contributed by atoms with Gasteiger partial charge in [0.1, 0.15) is 0 Å². The molecule has 0 heterocycles. The second kappa shape index (κ2) is 6.87. The number of rotatable bonds is 1. The van der Waals surface area contributed by atoms with Gasteiger partial charge in [0.25, 0.3) is 0 Å². The number of hydrogen-bond donors (Lipinski definition) is 0. The van der Waals surface area contributed by atoms with Gasteiger partial charge in [0.05, 0.1) is 0 Å². The Hall–Kier alpha value is -1.74. The first-order chi connectivity index (χ1) is 8.49. The monoisotopic (exact) mass is 238 g/mol. The van der Waals surface area contributed by atoms with E-state index in [-0.39, 0.29) is 0 Å². The molecule has 0 atom stereocenters. The van der Waals surface area contributed by atoms with Crippen LogP contribution in [-0.2, 0) is 0 Å². The van der Waals surface area contributed by atoms with Crippen molar-refractivity contribution in [3.8, 4) is 0 Å². The molecule has 94 valence electrons. The Bertz CT molecular complexity index is 491. The van der Waals surface area contributed by atoms with Crippen molar-refractivity contribution in [2.75, 3.05) is 0 Å². The normalized spacial score (nSPS) is 12.8. The molecule has 0 amide bonds. The van der Waals surface area contributed by atoms with Crippen LogP contribution in [-0.4, -0.2) is 0 Å². The molecule has 1 aliphatic carbocycles. The fourth-order valence-corrected chi connectivity index (χ4v) is 1.44. The van der Waals surface area contributed by atoms with Gasteiger partial charge in [-0.2, -0.15) is 0 Å². The van der Waals surface area contributed by atoms with Crippen LogP contribution >= 0.6 is 0 Å². The third-order valence-electron chi connectivity index (χ3n) is 2.76. The Labute approximate surface area is 111 Å². The van der Waals surface area contributed by atoms with Crippen LogP contribution < -0.4 is 0 Å². The van der Waals surface area contributed by atoms with E-state index in [2.05, 4.69) is 75.6 Å². The molecule has 0 saturated heterocycles. The summed E-state index contributed by atoms with van der Waals surface area (Å²) in [4.78, 5) is 0. The van der Waals surface area contributed by atoms with Gasteiger partial charge in [-0.25, -0.2) is 0 Å². The molecule has 0 N–H and O–H groups in total. The Morgan fingerprint density at radius 1 is 0.778 bits per heavy atom. The summed E-state index contributed by atoms with van der Waals surface area (Å²) in [6.45, 7) is 10.5. The first-order valence-corrected chi connectivity index (χ1v) is 6.43. The van der Waals surface area contributed by atoms with Crippen molar-refractivity contribution in [1.29, 1.82) is 0 Å². The molecule has 0 unspecified atom stereocenters. The molecule has 0 aliphatic heterocycles. The van der Waals surface area contributed by atoms with E-state index < -0.39 is 0 Å². The van der Waals surface area contributed by atoms with Crippen molar-refractivity contribution >= 4 is 0 Å². The summed E-state index contributed by atoms with van der Waals surface area (Å²) in [5.41, 5.74) is 11.2. The van der Waals surface area contributed by atoms with Crippen LogP contribution in [0.25, 0.3) is 0 Å². The van der Waals surface area contributed by atoms with Gasteiger partial charge in [-0.1, -0.05) is 60.7 Å². The van der Waals surface area contributed by atoms with Crippen LogP contribution in [0.5, 0.6) is 0 Å². The predicted octanol–water partition coefficient (Wildman–Crippen LogP) is 5.14. The molecule has 1 aromatic carbocycles. The van der Waals surface area contributed by atoms with Crippen LogP contribution in [0.4, 0.5) is 0 Å². The van der Waals surface area contributed by atoms with E-state index in [1.807, 2.05) is 6.92 Å². The Balaban J connectivity index is 0.000000184. The SMILES string of the molecule is CC1=C=C=C(C(C)C)C=C1.Cc1ccc(C)cc1. The maximum Gasteiger partial charge on any atom is 0.00497 e. The Morgan fingerprint density at radius 2 is 1.28 bits per heavy atom. The molecule has 0 nitrogen and oxygen atoms in total. The number of benzene rings is 1. The van der Waals surface area contributed by atoms with Gasteiger partial charge in [-0.05, 0) is 44.4 Å². The van der Waals surface area contributed by atoms with E-state index in [1.165, 1.54) is 16.7 Å². The predicted molar refractivity (Wildman–Crippen MR) is 79.6 cm³/mol. The molecule has 0 heteroatoms. The Morgan fingerprint density at radius 3 is 1.61 bits per heavy atom. The summed E-state index contributed by atoms with van der Waals surface area (Å²) in [6, 6.07) is 8.48. The molecule has 0 bridgehead atoms. The van der Waals surface area contributed by atoms with Crippen LogP contribution in [0.15, 0.2) is 59.0 Å². The van der Waals surface area contributed by atoms with Gasteiger partial charge in [0.2, 0.25) is 0 Å². The molecule has 0 saturated carbocycles. The van der Waals surface area contributed by atoms with Gasteiger partial charge < -0.3 is 0 Å². The van der Waals surface area contributed by atoms with Gasteiger partial charge in [-0.3, -0.25) is 0 Å². The second-order valence-electron chi connectivity index (χ2n) is 5.03. The summed E-state index contributed by atoms with van der Waals surface area (Å²) < 4.78 is 0. The molecule has 0 aromatic heterocycles. The third kappa shape index (κ3) is 5.06. The molecule has 18 heavy (non-hydrogen) atoms. The topological polar surface area (TPSA) is 0 Å². The molecule has 1 aromatic rings. The molecule has 0 radical (unpaired) electrons. The van der Waals surface area contributed by atoms with Crippen molar-refractivity contribution < 1.29 is 0 Å². The zero-order valence-electron chi connectivity index (χ0n) is 12.0. The van der Waals surface area contributed by atoms with E-state index in [0.29, 0.717) is 5.92 Å². The standard InChI is InChI=1S/C10H12.C8H10/c1-8(2)10-6-4-9(3)5-7-10;1-7-3-5-8(2)6-4-7/h4,6,8H,1-3H3;3-6H,1-2H3. The van der Waals surface area contributed by atoms with Crippen LogP contribution in [0.1, 0.15) is 31.9 Å². The van der Waals surface area contributed by atoms with Crippen molar-refractivity contribution in [2.24, 2.45) is 5.92 Å². The molecule has 0 fully saturated rings. The second-order valence-corrected chi connectivity index (χ2v) is 5.03. The fourth-order valence-electron chi connectivity index (χ4n) is 1.44. The minimum atomic E-state index is 0.567. The molecular weight excluding hydrogens is 216 g/mol. The van der Waals surface area contributed by atoms with Gasteiger partial charge in [0, 0.05) is 5.57 Å². The summed E-state index contributed by atoms with van der Waals surface area (Å²) in [6.07, 6.45) is 4.18. The fraction of sp³-hybridized carbons (Fsp3) is 0.333. The van der Waals surface area contributed by atoms with Gasteiger partial charge >= 0.3 is 0 Å². The highest BCUT2D eigenvalue weighted by Crippen LogP contribution is 2.12. The average molecular weight is 238 g/mol. The lowest BCUT2D eigenvalue weighted by Gasteiger charge is -2.02. The summed E-state index contributed by atoms with van der Waals surface area (Å²) in [7, 11) is 0. The molecule has 0 spiro atoms. The maximum atomic E-state index is 3.11. The highest BCUT2D eigenvalue weighted by Gasteiger charge is 1.98. The highest BCUT2D eigenvalue weighted by atomic mass is 14.0. The van der Waals surface area contributed by atoms with Crippen molar-refractivity contribution in [3.05, 3.63) is 70.2 Å². The van der Waals surface area contributed by atoms with E-state index >= 15 is 0 Å². The maximum absolute atomic E-state index is 3.11. The first-order valence-electron chi connectivity index (χ1n) is 6.43. The quantitative estimate of drug-likeness (QED) is 0.594. The zero-order chi connectivity index (χ0) is 13.5. The van der Waals surface area contributed by atoms with Gasteiger partial charge in [-0.15, -0.1) is 0 Å². The lowest BCUT2D eigenvalue weighted by atomic mass is 10.0. The van der Waals surface area contributed by atoms with E-state index in [4.69, 9.17) is 0 Å². The zero-order valence-corrected chi connectivity index (χ0v) is 12.0. The molecule has 2 rings (SSSR count). The number of aryl methyl sites for hydroxylation is 2. The van der Waals surface area contributed by atoms with Crippen LogP contribution in [0.2, 0.25) is 0 Å². The summed E-state index contributed by atoms with van der Waals surface area (Å²) in [5.74, 6) is 0.567.